The number of aromatic hydroxyl groups is 1. The van der Waals surface area contributed by atoms with Crippen LogP contribution in [0.5, 0.6) is 17.4 Å². The molecular weight excluding hydrogens is 380 g/mol. The minimum absolute atomic E-state index is 0.00555. The Balaban J connectivity index is 2.44. The monoisotopic (exact) mass is 398 g/mol. The van der Waals surface area contributed by atoms with Crippen LogP contribution in [0.25, 0.3) is 11.4 Å². The second-order valence-corrected chi connectivity index (χ2v) is 6.28. The molecule has 0 bridgehead atoms. The molecule has 144 valence electrons. The number of benzene rings is 2. The predicted molar refractivity (Wildman–Crippen MR) is 107 cm³/mol. The third kappa shape index (κ3) is 3.29. The molecule has 0 amide bonds. The molecule has 0 saturated carbocycles. The van der Waals surface area contributed by atoms with Gasteiger partial charge in [-0.25, -0.2) is 0 Å². The van der Waals surface area contributed by atoms with Crippen LogP contribution in [0.2, 0.25) is 0 Å². The normalized spacial score (nSPS) is 10.5. The maximum atomic E-state index is 13.0. The molecule has 0 unspecified atom stereocenters. The first-order chi connectivity index (χ1) is 13.4. The summed E-state index contributed by atoms with van der Waals surface area (Å²) < 4.78 is 12.9. The van der Waals surface area contributed by atoms with Crippen LogP contribution in [-0.4, -0.2) is 34.2 Å². The van der Waals surface area contributed by atoms with Crippen LogP contribution in [0.3, 0.4) is 0 Å². The van der Waals surface area contributed by atoms with E-state index in [1.165, 1.54) is 30.3 Å². The number of aromatic nitrogens is 2. The van der Waals surface area contributed by atoms with Gasteiger partial charge in [0.05, 0.1) is 25.6 Å². The quantitative estimate of drug-likeness (QED) is 0.525. The van der Waals surface area contributed by atoms with E-state index in [9.17, 15) is 14.7 Å². The SMILES string of the molecule is COc1cccc(-n2c(O)c(C(C)=O)c(=O)n(-c3cccc(OC)c3)c2=S)c1. The maximum Gasteiger partial charge on any atom is 0.273 e. The molecule has 0 spiro atoms. The van der Waals surface area contributed by atoms with E-state index in [0.717, 1.165) is 0 Å². The van der Waals surface area contributed by atoms with Crippen LogP contribution in [-0.2, 0) is 0 Å². The number of nitrogens with zero attached hydrogens (tertiary/aromatic N) is 2. The van der Waals surface area contributed by atoms with Gasteiger partial charge in [-0.2, -0.15) is 0 Å². The van der Waals surface area contributed by atoms with E-state index in [1.807, 2.05) is 0 Å². The molecule has 2 aromatic carbocycles. The first kappa shape index (κ1) is 19.4. The number of methoxy groups -OCH3 is 2. The van der Waals surface area contributed by atoms with Crippen molar-refractivity contribution in [1.82, 2.24) is 9.13 Å². The van der Waals surface area contributed by atoms with Crippen molar-refractivity contribution in [2.24, 2.45) is 0 Å². The number of Topliss-reactive ketones (excluding diaryl/α,β-unsaturated/α-hetero) is 1. The Labute approximate surface area is 166 Å². The van der Waals surface area contributed by atoms with Gasteiger partial charge in [-0.05, 0) is 43.4 Å². The van der Waals surface area contributed by atoms with Gasteiger partial charge in [-0.15, -0.1) is 0 Å². The van der Waals surface area contributed by atoms with Crippen molar-refractivity contribution in [3.63, 3.8) is 0 Å². The van der Waals surface area contributed by atoms with E-state index >= 15 is 0 Å². The number of hydrogen-bond donors (Lipinski definition) is 1. The largest absolute Gasteiger partial charge is 0.497 e. The fourth-order valence-electron chi connectivity index (χ4n) is 2.86. The van der Waals surface area contributed by atoms with Gasteiger partial charge in [0.15, 0.2) is 10.6 Å². The second kappa shape index (κ2) is 7.69. The maximum absolute atomic E-state index is 13.0. The summed E-state index contributed by atoms with van der Waals surface area (Å²) >= 11 is 5.51. The summed E-state index contributed by atoms with van der Waals surface area (Å²) in [5.74, 6) is -0.0489. The van der Waals surface area contributed by atoms with Gasteiger partial charge < -0.3 is 14.6 Å². The van der Waals surface area contributed by atoms with E-state index in [-0.39, 0.29) is 10.3 Å². The lowest BCUT2D eigenvalue weighted by atomic mass is 10.2. The Kier molecular flexibility index (Phi) is 5.32. The molecule has 28 heavy (non-hydrogen) atoms. The Morgan fingerprint density at radius 1 is 0.964 bits per heavy atom. The van der Waals surface area contributed by atoms with Crippen LogP contribution < -0.4 is 15.0 Å². The van der Waals surface area contributed by atoms with Crippen LogP contribution in [0.4, 0.5) is 0 Å². The third-order valence-electron chi connectivity index (χ3n) is 4.21. The van der Waals surface area contributed by atoms with Crippen molar-refractivity contribution in [2.75, 3.05) is 14.2 Å². The molecule has 0 fully saturated rings. The van der Waals surface area contributed by atoms with E-state index in [1.54, 1.807) is 48.5 Å². The number of ketones is 1. The Morgan fingerprint density at radius 3 is 1.93 bits per heavy atom. The zero-order chi connectivity index (χ0) is 20.4. The fourth-order valence-corrected chi connectivity index (χ4v) is 3.24. The average molecular weight is 398 g/mol. The summed E-state index contributed by atoms with van der Waals surface area (Å²) in [4.78, 5) is 25.1. The Morgan fingerprint density at radius 2 is 1.46 bits per heavy atom. The van der Waals surface area contributed by atoms with Crippen molar-refractivity contribution >= 4 is 18.0 Å². The third-order valence-corrected chi connectivity index (χ3v) is 4.58. The van der Waals surface area contributed by atoms with Crippen molar-refractivity contribution in [1.29, 1.82) is 0 Å². The summed E-state index contributed by atoms with van der Waals surface area (Å²) in [6.45, 7) is 1.21. The molecule has 8 heteroatoms. The van der Waals surface area contributed by atoms with Crippen molar-refractivity contribution < 1.29 is 19.4 Å². The zero-order valence-electron chi connectivity index (χ0n) is 15.5. The molecule has 3 rings (SSSR count). The minimum Gasteiger partial charge on any atom is -0.497 e. The Bertz CT molecular complexity index is 1180. The van der Waals surface area contributed by atoms with Gasteiger partial charge >= 0.3 is 0 Å². The lowest BCUT2D eigenvalue weighted by molar-refractivity contribution is 0.101. The zero-order valence-corrected chi connectivity index (χ0v) is 16.3. The Hall–Kier alpha value is -3.39. The van der Waals surface area contributed by atoms with E-state index in [2.05, 4.69) is 0 Å². The van der Waals surface area contributed by atoms with Gasteiger partial charge in [0.1, 0.15) is 17.1 Å². The lowest BCUT2D eigenvalue weighted by Gasteiger charge is -2.17. The van der Waals surface area contributed by atoms with Gasteiger partial charge in [-0.1, -0.05) is 12.1 Å². The average Bonchev–Trinajstić information content (AvgIpc) is 2.68. The molecule has 0 saturated heterocycles. The summed E-state index contributed by atoms with van der Waals surface area (Å²) in [5, 5.41) is 10.7. The number of carbonyl (C=O) groups excluding carboxylic acids is 1. The van der Waals surface area contributed by atoms with E-state index < -0.39 is 17.2 Å². The van der Waals surface area contributed by atoms with E-state index in [0.29, 0.717) is 22.9 Å². The molecule has 1 aromatic heterocycles. The molecule has 3 aromatic rings. The molecule has 0 radical (unpaired) electrons. The summed E-state index contributed by atoms with van der Waals surface area (Å²) in [5.41, 5.74) is -0.212. The summed E-state index contributed by atoms with van der Waals surface area (Å²) in [6.07, 6.45) is 0. The smallest absolute Gasteiger partial charge is 0.273 e. The molecule has 0 atom stereocenters. The standard InChI is InChI=1S/C20H18N2O5S/c1-12(23)17-18(24)21(13-6-4-8-15(10-13)26-2)20(28)22(19(17)25)14-7-5-9-16(11-14)27-3/h4-11,24H,1-3H3. The second-order valence-electron chi connectivity index (χ2n) is 5.92. The van der Waals surface area contributed by atoms with Gasteiger partial charge in [0.25, 0.3) is 5.56 Å². The number of ether oxygens (including phenoxy) is 2. The molecule has 0 aliphatic carbocycles. The fraction of sp³-hybridized carbons (Fsp3) is 0.150. The number of hydrogen-bond acceptors (Lipinski definition) is 6. The molecular formula is C20H18N2O5S. The molecule has 1 heterocycles. The summed E-state index contributed by atoms with van der Waals surface area (Å²) in [7, 11) is 3.02. The van der Waals surface area contributed by atoms with Crippen LogP contribution in [0.1, 0.15) is 17.3 Å². The lowest BCUT2D eigenvalue weighted by Crippen LogP contribution is -2.28. The number of carbonyl (C=O) groups is 1. The minimum atomic E-state index is -0.706. The molecule has 1 N–H and O–H groups in total. The van der Waals surface area contributed by atoms with Gasteiger partial charge in [0, 0.05) is 12.1 Å². The van der Waals surface area contributed by atoms with E-state index in [4.69, 9.17) is 21.7 Å². The predicted octanol–water partition coefficient (Wildman–Crippen LogP) is 3.28. The first-order valence-corrected chi connectivity index (χ1v) is 8.70. The molecule has 0 aliphatic rings. The van der Waals surface area contributed by atoms with Gasteiger partial charge in [-0.3, -0.25) is 18.7 Å². The topological polar surface area (TPSA) is 82.7 Å². The van der Waals surface area contributed by atoms with Crippen LogP contribution in [0, 0.1) is 4.77 Å². The molecule has 0 aliphatic heterocycles. The highest BCUT2D eigenvalue weighted by Crippen LogP contribution is 2.25. The highest BCUT2D eigenvalue weighted by molar-refractivity contribution is 7.71. The van der Waals surface area contributed by atoms with Crippen LogP contribution >= 0.6 is 12.2 Å². The number of rotatable bonds is 5. The van der Waals surface area contributed by atoms with Crippen molar-refractivity contribution in [3.8, 4) is 28.8 Å². The highest BCUT2D eigenvalue weighted by atomic mass is 32.1. The highest BCUT2D eigenvalue weighted by Gasteiger charge is 2.22. The molecule has 7 nitrogen and oxygen atoms in total. The van der Waals surface area contributed by atoms with Crippen LogP contribution in [0.15, 0.2) is 53.3 Å². The van der Waals surface area contributed by atoms with Crippen molar-refractivity contribution in [2.45, 2.75) is 6.92 Å². The van der Waals surface area contributed by atoms with Gasteiger partial charge in [0.2, 0.25) is 5.88 Å². The summed E-state index contributed by atoms with van der Waals surface area (Å²) in [6, 6.07) is 13.5. The first-order valence-electron chi connectivity index (χ1n) is 8.30. The van der Waals surface area contributed by atoms with Crippen molar-refractivity contribution in [3.05, 3.63) is 69.2 Å².